The van der Waals surface area contributed by atoms with Crippen LogP contribution in [0.3, 0.4) is 0 Å². The number of carboxylic acids is 1. The van der Waals surface area contributed by atoms with Gasteiger partial charge in [0.05, 0.1) is 6.26 Å². The number of carboxylic acid groups (broad SMARTS) is 1. The van der Waals surface area contributed by atoms with Gasteiger partial charge in [0, 0.05) is 13.0 Å². The van der Waals surface area contributed by atoms with Gasteiger partial charge in [-0.05, 0) is 12.1 Å². The van der Waals surface area contributed by atoms with Gasteiger partial charge in [-0.1, -0.05) is 0 Å². The zero-order valence-corrected chi connectivity index (χ0v) is 8.03. The third kappa shape index (κ3) is 4.70. The molecule has 0 atom stereocenters. The van der Waals surface area contributed by atoms with Crippen LogP contribution in [0.5, 0.6) is 0 Å². The molecule has 6 heteroatoms. The smallest absolute Gasteiger partial charge is 0.323 e. The van der Waals surface area contributed by atoms with Crippen LogP contribution in [0.15, 0.2) is 22.8 Å². The van der Waals surface area contributed by atoms with Gasteiger partial charge >= 0.3 is 12.0 Å². The predicted molar refractivity (Wildman–Crippen MR) is 51.4 cm³/mol. The molecule has 0 fully saturated rings. The molecule has 2 amide bonds. The van der Waals surface area contributed by atoms with Crippen molar-refractivity contribution in [2.24, 2.45) is 0 Å². The minimum Gasteiger partial charge on any atom is -0.480 e. The van der Waals surface area contributed by atoms with Crippen molar-refractivity contribution in [3.05, 3.63) is 24.2 Å². The van der Waals surface area contributed by atoms with Crippen LogP contribution >= 0.6 is 0 Å². The Morgan fingerprint density at radius 3 is 2.80 bits per heavy atom. The van der Waals surface area contributed by atoms with E-state index in [4.69, 9.17) is 9.52 Å². The van der Waals surface area contributed by atoms with Crippen LogP contribution in [-0.2, 0) is 11.2 Å². The quantitative estimate of drug-likeness (QED) is 0.650. The fourth-order valence-electron chi connectivity index (χ4n) is 0.972. The molecule has 0 spiro atoms. The van der Waals surface area contributed by atoms with Crippen molar-refractivity contribution in [1.29, 1.82) is 0 Å². The van der Waals surface area contributed by atoms with Crippen molar-refractivity contribution in [3.8, 4) is 0 Å². The summed E-state index contributed by atoms with van der Waals surface area (Å²) in [4.78, 5) is 21.1. The first kappa shape index (κ1) is 11.1. The van der Waals surface area contributed by atoms with Gasteiger partial charge in [-0.25, -0.2) is 4.79 Å². The van der Waals surface area contributed by atoms with Gasteiger partial charge in [0.25, 0.3) is 0 Å². The van der Waals surface area contributed by atoms with Crippen LogP contribution in [-0.4, -0.2) is 30.2 Å². The third-order valence-electron chi connectivity index (χ3n) is 1.64. The first-order valence-electron chi connectivity index (χ1n) is 4.44. The summed E-state index contributed by atoms with van der Waals surface area (Å²) < 4.78 is 5.05. The Hall–Kier alpha value is -1.98. The molecule has 0 unspecified atom stereocenters. The number of rotatable bonds is 5. The minimum absolute atomic E-state index is 0.382. The monoisotopic (exact) mass is 212 g/mol. The molecule has 0 bridgehead atoms. The maximum Gasteiger partial charge on any atom is 0.323 e. The second-order valence-electron chi connectivity index (χ2n) is 2.83. The maximum atomic E-state index is 11.0. The number of urea groups is 1. The Bertz CT molecular complexity index is 321. The molecule has 6 nitrogen and oxygen atoms in total. The van der Waals surface area contributed by atoms with E-state index < -0.39 is 12.0 Å². The van der Waals surface area contributed by atoms with Crippen LogP contribution in [0, 0.1) is 0 Å². The summed E-state index contributed by atoms with van der Waals surface area (Å²) in [6.07, 6.45) is 2.13. The Kier molecular flexibility index (Phi) is 4.21. The standard InChI is InChI=1S/C9H12N2O4/c12-8(13)6-11-9(14)10-4-3-7-2-1-5-15-7/h1-2,5H,3-4,6H2,(H,12,13)(H2,10,11,14). The van der Waals surface area contributed by atoms with Crippen molar-refractivity contribution in [1.82, 2.24) is 10.6 Å². The molecular formula is C9H12N2O4. The van der Waals surface area contributed by atoms with Gasteiger partial charge < -0.3 is 20.2 Å². The second-order valence-corrected chi connectivity index (χ2v) is 2.83. The van der Waals surface area contributed by atoms with E-state index in [9.17, 15) is 9.59 Å². The number of aliphatic carboxylic acids is 1. The Balaban J connectivity index is 2.09. The van der Waals surface area contributed by atoms with Gasteiger partial charge in [0.15, 0.2) is 0 Å². The molecular weight excluding hydrogens is 200 g/mol. The predicted octanol–water partition coefficient (Wildman–Crippen LogP) is 0.206. The lowest BCUT2D eigenvalue weighted by Gasteiger charge is -2.04. The highest BCUT2D eigenvalue weighted by Gasteiger charge is 2.02. The molecule has 1 aromatic heterocycles. The van der Waals surface area contributed by atoms with Crippen LogP contribution in [0.2, 0.25) is 0 Å². The molecule has 82 valence electrons. The molecule has 0 aromatic carbocycles. The molecule has 3 N–H and O–H groups in total. The highest BCUT2D eigenvalue weighted by atomic mass is 16.4. The average Bonchev–Trinajstić information content (AvgIpc) is 2.67. The number of hydrogen-bond acceptors (Lipinski definition) is 3. The van der Waals surface area contributed by atoms with Crippen molar-refractivity contribution in [2.75, 3.05) is 13.1 Å². The highest BCUT2D eigenvalue weighted by Crippen LogP contribution is 1.99. The topological polar surface area (TPSA) is 91.6 Å². The highest BCUT2D eigenvalue weighted by molar-refractivity contribution is 5.79. The molecule has 15 heavy (non-hydrogen) atoms. The summed E-state index contributed by atoms with van der Waals surface area (Å²) in [7, 11) is 0. The van der Waals surface area contributed by atoms with E-state index in [1.54, 1.807) is 18.4 Å². The number of amides is 2. The molecule has 0 aliphatic heterocycles. The van der Waals surface area contributed by atoms with Crippen LogP contribution in [0.1, 0.15) is 5.76 Å². The molecule has 1 rings (SSSR count). The number of furan rings is 1. The lowest BCUT2D eigenvalue weighted by Crippen LogP contribution is -2.39. The van der Waals surface area contributed by atoms with E-state index in [0.717, 1.165) is 5.76 Å². The summed E-state index contributed by atoms with van der Waals surface area (Å²) in [5.74, 6) is -0.301. The first-order chi connectivity index (χ1) is 7.18. The Labute approximate surface area is 86.3 Å². The van der Waals surface area contributed by atoms with Gasteiger partial charge in [-0.3, -0.25) is 4.79 Å². The van der Waals surface area contributed by atoms with E-state index >= 15 is 0 Å². The Morgan fingerprint density at radius 2 is 2.20 bits per heavy atom. The maximum absolute atomic E-state index is 11.0. The fraction of sp³-hybridized carbons (Fsp3) is 0.333. The molecule has 0 saturated carbocycles. The molecule has 0 saturated heterocycles. The van der Waals surface area contributed by atoms with Gasteiger partial charge in [0.1, 0.15) is 12.3 Å². The normalized spacial score (nSPS) is 9.60. The number of carbonyl (C=O) groups excluding carboxylic acids is 1. The van der Waals surface area contributed by atoms with Crippen LogP contribution < -0.4 is 10.6 Å². The minimum atomic E-state index is -1.07. The summed E-state index contributed by atoms with van der Waals surface area (Å²) in [6, 6.07) is 3.07. The molecule has 1 heterocycles. The van der Waals surface area contributed by atoms with E-state index in [-0.39, 0.29) is 6.54 Å². The van der Waals surface area contributed by atoms with Crippen molar-refractivity contribution >= 4 is 12.0 Å². The molecule has 0 radical (unpaired) electrons. The third-order valence-corrected chi connectivity index (χ3v) is 1.64. The summed E-state index contributed by atoms with van der Waals surface area (Å²) in [5.41, 5.74) is 0. The first-order valence-corrected chi connectivity index (χ1v) is 4.44. The largest absolute Gasteiger partial charge is 0.480 e. The fourth-order valence-corrected chi connectivity index (χ4v) is 0.972. The summed E-state index contributed by atoms with van der Waals surface area (Å²) >= 11 is 0. The van der Waals surface area contributed by atoms with E-state index in [1.165, 1.54) is 0 Å². The van der Waals surface area contributed by atoms with Crippen molar-refractivity contribution in [2.45, 2.75) is 6.42 Å². The van der Waals surface area contributed by atoms with Crippen LogP contribution in [0.4, 0.5) is 4.79 Å². The summed E-state index contributed by atoms with van der Waals surface area (Å²) in [5, 5.41) is 13.0. The SMILES string of the molecule is O=C(O)CNC(=O)NCCc1ccco1. The van der Waals surface area contributed by atoms with Crippen molar-refractivity contribution in [3.63, 3.8) is 0 Å². The number of carbonyl (C=O) groups is 2. The second kappa shape index (κ2) is 5.69. The molecule has 1 aromatic rings. The van der Waals surface area contributed by atoms with E-state index in [2.05, 4.69) is 10.6 Å². The zero-order chi connectivity index (χ0) is 11.1. The van der Waals surface area contributed by atoms with Gasteiger partial charge in [-0.15, -0.1) is 0 Å². The lowest BCUT2D eigenvalue weighted by molar-refractivity contribution is -0.135. The Morgan fingerprint density at radius 1 is 1.40 bits per heavy atom. The molecule has 0 aliphatic carbocycles. The average molecular weight is 212 g/mol. The lowest BCUT2D eigenvalue weighted by atomic mass is 10.3. The molecule has 0 aliphatic rings. The number of hydrogen-bond donors (Lipinski definition) is 3. The van der Waals surface area contributed by atoms with Crippen LogP contribution in [0.25, 0.3) is 0 Å². The van der Waals surface area contributed by atoms with Crippen molar-refractivity contribution < 1.29 is 19.1 Å². The van der Waals surface area contributed by atoms with E-state index in [1.807, 2.05) is 0 Å². The van der Waals surface area contributed by atoms with Gasteiger partial charge in [0.2, 0.25) is 0 Å². The van der Waals surface area contributed by atoms with E-state index in [0.29, 0.717) is 13.0 Å². The van der Waals surface area contributed by atoms with Gasteiger partial charge in [-0.2, -0.15) is 0 Å². The number of nitrogens with one attached hydrogen (secondary N) is 2. The zero-order valence-electron chi connectivity index (χ0n) is 8.03. The summed E-state index contributed by atoms with van der Waals surface area (Å²) in [6.45, 7) is 0.0194.